The quantitative estimate of drug-likeness (QED) is 0.782. The minimum atomic E-state index is -0.212. The molecule has 1 spiro atoms. The third-order valence-corrected chi connectivity index (χ3v) is 5.09. The number of rotatable bonds is 3. The van der Waals surface area contributed by atoms with Gasteiger partial charge in [0.1, 0.15) is 0 Å². The number of aromatic nitrogens is 2. The predicted molar refractivity (Wildman–Crippen MR) is 81.5 cm³/mol. The Morgan fingerprint density at radius 1 is 1.27 bits per heavy atom. The second-order valence-corrected chi connectivity index (χ2v) is 6.69. The number of carbonyl (C=O) groups is 1. The van der Waals surface area contributed by atoms with Crippen LogP contribution in [0.3, 0.4) is 0 Å². The predicted octanol–water partition coefficient (Wildman–Crippen LogP) is 1.08. The molecular weight excluding hydrogens is 280 g/mol. The highest BCUT2D eigenvalue weighted by molar-refractivity contribution is 6.03. The van der Waals surface area contributed by atoms with Crippen molar-refractivity contribution in [2.24, 2.45) is 5.41 Å². The Labute approximate surface area is 130 Å². The molecule has 0 bridgehead atoms. The SMILES string of the molecule is O=C1N(c2ncccn2)C[C@]12CCCN(C[C@H]1CCCO1)C2. The van der Waals surface area contributed by atoms with Crippen molar-refractivity contribution >= 4 is 11.9 Å². The van der Waals surface area contributed by atoms with Crippen molar-refractivity contribution in [1.29, 1.82) is 0 Å². The van der Waals surface area contributed by atoms with Crippen molar-refractivity contribution in [3.8, 4) is 0 Å². The van der Waals surface area contributed by atoms with Crippen LogP contribution in [0.2, 0.25) is 0 Å². The first-order chi connectivity index (χ1) is 10.8. The fourth-order valence-corrected chi connectivity index (χ4v) is 3.99. The first kappa shape index (κ1) is 14.1. The van der Waals surface area contributed by atoms with Crippen LogP contribution < -0.4 is 4.90 Å². The lowest BCUT2D eigenvalue weighted by atomic mass is 9.72. The number of piperidine rings is 1. The summed E-state index contributed by atoms with van der Waals surface area (Å²) in [7, 11) is 0. The van der Waals surface area contributed by atoms with Crippen LogP contribution in [0.25, 0.3) is 0 Å². The maximum Gasteiger partial charge on any atom is 0.238 e. The van der Waals surface area contributed by atoms with Crippen molar-refractivity contribution in [3.63, 3.8) is 0 Å². The summed E-state index contributed by atoms with van der Waals surface area (Å²) in [5.74, 6) is 0.727. The fraction of sp³-hybridized carbons (Fsp3) is 0.688. The van der Waals surface area contributed by atoms with Gasteiger partial charge < -0.3 is 4.74 Å². The molecule has 3 aliphatic rings. The number of hydrogen-bond donors (Lipinski definition) is 0. The number of β-lactam (4-membered cyclic amide) rings is 1. The average molecular weight is 302 g/mol. The van der Waals surface area contributed by atoms with Crippen molar-refractivity contribution < 1.29 is 9.53 Å². The largest absolute Gasteiger partial charge is 0.377 e. The molecule has 0 radical (unpaired) electrons. The maximum atomic E-state index is 12.7. The van der Waals surface area contributed by atoms with Gasteiger partial charge in [0, 0.05) is 38.6 Å². The summed E-state index contributed by atoms with van der Waals surface area (Å²) in [5, 5.41) is 0. The smallest absolute Gasteiger partial charge is 0.238 e. The third kappa shape index (κ3) is 2.40. The molecule has 4 heterocycles. The normalized spacial score (nSPS) is 32.5. The lowest BCUT2D eigenvalue weighted by molar-refractivity contribution is -0.140. The lowest BCUT2D eigenvalue weighted by Crippen LogP contribution is -2.68. The van der Waals surface area contributed by atoms with Gasteiger partial charge in [0.2, 0.25) is 11.9 Å². The molecule has 1 aromatic rings. The highest BCUT2D eigenvalue weighted by Gasteiger charge is 2.55. The zero-order chi connectivity index (χ0) is 15.0. The molecule has 3 aliphatic heterocycles. The monoisotopic (exact) mass is 302 g/mol. The van der Waals surface area contributed by atoms with Crippen LogP contribution in [0, 0.1) is 5.41 Å². The first-order valence-corrected chi connectivity index (χ1v) is 8.20. The van der Waals surface area contributed by atoms with Gasteiger partial charge in [-0.05, 0) is 38.3 Å². The Balaban J connectivity index is 1.41. The van der Waals surface area contributed by atoms with Gasteiger partial charge in [-0.15, -0.1) is 0 Å². The summed E-state index contributed by atoms with van der Waals surface area (Å²) in [6, 6.07) is 1.77. The Morgan fingerprint density at radius 3 is 2.86 bits per heavy atom. The van der Waals surface area contributed by atoms with Gasteiger partial charge in [0.05, 0.1) is 11.5 Å². The number of ether oxygens (including phenoxy) is 1. The molecule has 0 aliphatic carbocycles. The van der Waals surface area contributed by atoms with E-state index in [1.54, 1.807) is 23.4 Å². The van der Waals surface area contributed by atoms with Crippen LogP contribution in [0.1, 0.15) is 25.7 Å². The zero-order valence-electron chi connectivity index (χ0n) is 12.8. The number of nitrogens with zero attached hydrogens (tertiary/aromatic N) is 4. The maximum absolute atomic E-state index is 12.7. The van der Waals surface area contributed by atoms with E-state index in [-0.39, 0.29) is 11.3 Å². The highest BCUT2D eigenvalue weighted by atomic mass is 16.5. The van der Waals surface area contributed by atoms with Gasteiger partial charge in [-0.2, -0.15) is 0 Å². The van der Waals surface area contributed by atoms with Crippen LogP contribution in [-0.2, 0) is 9.53 Å². The Bertz CT molecular complexity index is 546. The summed E-state index contributed by atoms with van der Waals surface area (Å²) in [6.07, 6.45) is 8.12. The van der Waals surface area contributed by atoms with E-state index in [0.29, 0.717) is 12.1 Å². The van der Waals surface area contributed by atoms with Crippen molar-refractivity contribution in [3.05, 3.63) is 18.5 Å². The van der Waals surface area contributed by atoms with Crippen molar-refractivity contribution in [2.45, 2.75) is 31.8 Å². The number of anilines is 1. The van der Waals surface area contributed by atoms with Gasteiger partial charge >= 0.3 is 0 Å². The summed E-state index contributed by atoms with van der Waals surface area (Å²) in [4.78, 5) is 25.2. The molecule has 22 heavy (non-hydrogen) atoms. The number of hydrogen-bond acceptors (Lipinski definition) is 5. The summed E-state index contributed by atoms with van der Waals surface area (Å²) in [6.45, 7) is 4.54. The summed E-state index contributed by atoms with van der Waals surface area (Å²) < 4.78 is 5.74. The first-order valence-electron chi connectivity index (χ1n) is 8.20. The second kappa shape index (κ2) is 5.59. The van der Waals surface area contributed by atoms with Crippen LogP contribution in [0.15, 0.2) is 18.5 Å². The molecule has 0 N–H and O–H groups in total. The fourth-order valence-electron chi connectivity index (χ4n) is 3.99. The number of amides is 1. The van der Waals surface area contributed by atoms with Gasteiger partial charge in [0.25, 0.3) is 0 Å². The topological polar surface area (TPSA) is 58.6 Å². The Kier molecular flexibility index (Phi) is 3.58. The van der Waals surface area contributed by atoms with Gasteiger partial charge in [0.15, 0.2) is 0 Å². The molecule has 3 fully saturated rings. The zero-order valence-corrected chi connectivity index (χ0v) is 12.8. The van der Waals surface area contributed by atoms with Crippen LogP contribution in [-0.4, -0.2) is 59.7 Å². The van der Waals surface area contributed by atoms with E-state index < -0.39 is 0 Å². The number of likely N-dealkylation sites (tertiary alicyclic amines) is 1. The van der Waals surface area contributed by atoms with Gasteiger partial charge in [-0.1, -0.05) is 0 Å². The van der Waals surface area contributed by atoms with Crippen LogP contribution >= 0.6 is 0 Å². The van der Waals surface area contributed by atoms with Crippen molar-refractivity contribution in [2.75, 3.05) is 37.7 Å². The molecule has 1 aromatic heterocycles. The molecule has 0 unspecified atom stereocenters. The van der Waals surface area contributed by atoms with E-state index in [2.05, 4.69) is 14.9 Å². The van der Waals surface area contributed by atoms with Gasteiger partial charge in [-0.25, -0.2) is 9.97 Å². The molecule has 3 saturated heterocycles. The molecule has 2 atom stereocenters. The minimum absolute atomic E-state index is 0.191. The Morgan fingerprint density at radius 2 is 2.14 bits per heavy atom. The molecule has 118 valence electrons. The second-order valence-electron chi connectivity index (χ2n) is 6.69. The third-order valence-electron chi connectivity index (χ3n) is 5.09. The van der Waals surface area contributed by atoms with Crippen molar-refractivity contribution in [1.82, 2.24) is 14.9 Å². The van der Waals surface area contributed by atoms with E-state index in [4.69, 9.17) is 4.74 Å². The van der Waals surface area contributed by atoms with E-state index in [1.807, 2.05) is 0 Å². The molecule has 1 amide bonds. The molecule has 0 saturated carbocycles. The molecule has 6 nitrogen and oxygen atoms in total. The molecular formula is C16H22N4O2. The van der Waals surface area contributed by atoms with Crippen LogP contribution in [0.4, 0.5) is 5.95 Å². The standard InChI is InChI=1S/C16H22N4O2/c21-14-16(12-20(14)15-17-6-3-7-18-15)5-2-8-19(11-16)10-13-4-1-9-22-13/h3,6-7,13H,1-2,4-5,8-12H2/t13-,16-/m1/s1. The molecule has 4 rings (SSSR count). The van der Waals surface area contributed by atoms with Gasteiger partial charge in [-0.3, -0.25) is 14.6 Å². The lowest BCUT2D eigenvalue weighted by Gasteiger charge is -2.52. The van der Waals surface area contributed by atoms with E-state index in [0.717, 1.165) is 52.0 Å². The van der Waals surface area contributed by atoms with Crippen LogP contribution in [0.5, 0.6) is 0 Å². The average Bonchev–Trinajstić information content (AvgIpc) is 3.06. The van der Waals surface area contributed by atoms with E-state index >= 15 is 0 Å². The minimum Gasteiger partial charge on any atom is -0.377 e. The van der Waals surface area contributed by atoms with E-state index in [1.165, 1.54) is 6.42 Å². The highest BCUT2D eigenvalue weighted by Crippen LogP contribution is 2.41. The Hall–Kier alpha value is -1.53. The molecule has 0 aromatic carbocycles. The summed E-state index contributed by atoms with van der Waals surface area (Å²) >= 11 is 0. The van der Waals surface area contributed by atoms with E-state index in [9.17, 15) is 4.79 Å². The molecule has 6 heteroatoms. The summed E-state index contributed by atoms with van der Waals surface area (Å²) in [5.41, 5.74) is -0.212. The number of carbonyl (C=O) groups excluding carboxylic acids is 1.